The van der Waals surface area contributed by atoms with Crippen LogP contribution in [0.1, 0.15) is 67.2 Å². The number of rotatable bonds is 7. The van der Waals surface area contributed by atoms with Gasteiger partial charge in [0.25, 0.3) is 0 Å². The normalized spacial score (nSPS) is 23.7. The number of nitrogens with zero attached hydrogens (tertiary/aromatic N) is 1. The number of halogens is 1. The van der Waals surface area contributed by atoms with Crippen LogP contribution in [0.2, 0.25) is 0 Å². The van der Waals surface area contributed by atoms with Gasteiger partial charge in [0.1, 0.15) is 5.83 Å². The van der Waals surface area contributed by atoms with Gasteiger partial charge >= 0.3 is 0 Å². The van der Waals surface area contributed by atoms with E-state index in [4.69, 9.17) is 0 Å². The molecule has 162 valence electrons. The van der Waals surface area contributed by atoms with Crippen molar-refractivity contribution < 1.29 is 14.7 Å². The monoisotopic (exact) mass is 396 g/mol. The molecule has 0 saturated carbocycles. The molecule has 1 saturated heterocycles. The minimum absolute atomic E-state index is 0. The summed E-state index contributed by atoms with van der Waals surface area (Å²) in [5.41, 5.74) is 1.57. The van der Waals surface area contributed by atoms with E-state index in [0.717, 1.165) is 32.5 Å². The predicted molar refractivity (Wildman–Crippen MR) is 115 cm³/mol. The Morgan fingerprint density at radius 2 is 1.93 bits per heavy atom. The van der Waals surface area contributed by atoms with E-state index in [-0.39, 0.29) is 28.7 Å². The van der Waals surface area contributed by atoms with Crippen LogP contribution in [0.15, 0.2) is 23.6 Å². The number of likely N-dealkylation sites (tertiary alicyclic amines) is 1. The van der Waals surface area contributed by atoms with Gasteiger partial charge in [-0.2, -0.15) is 0 Å². The third-order valence-corrected chi connectivity index (χ3v) is 6.09. The minimum Gasteiger partial charge on any atom is -0.412 e. The highest BCUT2D eigenvalue weighted by atomic mass is 19.1. The fraction of sp³-hybridized carbons (Fsp3) is 0.783. The number of carbonyl (C=O) groups excluding carboxylic acids is 1. The van der Waals surface area contributed by atoms with E-state index in [2.05, 4.69) is 51.8 Å². The Balaban J connectivity index is 0.00000392. The summed E-state index contributed by atoms with van der Waals surface area (Å²) >= 11 is 0. The van der Waals surface area contributed by atoms with Gasteiger partial charge < -0.3 is 15.7 Å². The van der Waals surface area contributed by atoms with Crippen LogP contribution in [0.5, 0.6) is 0 Å². The van der Waals surface area contributed by atoms with E-state index in [9.17, 15) is 9.18 Å². The highest BCUT2D eigenvalue weighted by Gasteiger charge is 2.38. The maximum Gasteiger partial charge on any atom is 0.220 e. The number of allylic oxidation sites excluding steroid dienone is 4. The second-order valence-electron chi connectivity index (χ2n) is 9.94. The summed E-state index contributed by atoms with van der Waals surface area (Å²) in [6.07, 6.45) is 6.79. The van der Waals surface area contributed by atoms with Gasteiger partial charge in [-0.05, 0) is 48.6 Å². The summed E-state index contributed by atoms with van der Waals surface area (Å²) in [5.74, 6) is 1.49. The average Bonchev–Trinajstić information content (AvgIpc) is 2.54. The number of piperidine rings is 1. The molecule has 2 atom stereocenters. The molecule has 1 heterocycles. The Bertz CT molecular complexity index is 581. The van der Waals surface area contributed by atoms with E-state index in [1.54, 1.807) is 6.08 Å². The molecule has 0 bridgehead atoms. The van der Waals surface area contributed by atoms with Crippen LogP contribution in [0.3, 0.4) is 0 Å². The van der Waals surface area contributed by atoms with Gasteiger partial charge in [0, 0.05) is 32.0 Å². The first-order valence-electron chi connectivity index (χ1n) is 10.7. The maximum absolute atomic E-state index is 13.4. The number of hydrogen-bond acceptors (Lipinski definition) is 2. The highest BCUT2D eigenvalue weighted by Crippen LogP contribution is 2.42. The van der Waals surface area contributed by atoms with Gasteiger partial charge in [0.15, 0.2) is 0 Å². The molecule has 4 nitrogen and oxygen atoms in total. The standard InChI is InChI=1S/C23H39FN2O.H2O/c1-16(2)13-22(27)25-21(17(3)4)14-26-12-11-20(23(5,6)15-26)18-7-9-19(24)10-8-18;/h7,9,16-17,20-21H,8,10-15H2,1-6H3,(H,25,27);1H2/t20?,21-;/m0./s1. The maximum atomic E-state index is 13.4. The zero-order valence-corrected chi connectivity index (χ0v) is 18.6. The van der Waals surface area contributed by atoms with Crippen LogP contribution in [0.25, 0.3) is 0 Å². The SMILES string of the molecule is CC(C)CC(=O)N[C@@H](CN1CCC(C2=CC=C(F)CC2)C(C)(C)C1)C(C)C.O. The van der Waals surface area contributed by atoms with Crippen molar-refractivity contribution in [2.24, 2.45) is 23.2 Å². The quantitative estimate of drug-likeness (QED) is 0.698. The first kappa shape index (κ1) is 24.8. The Labute approximate surface area is 170 Å². The van der Waals surface area contributed by atoms with Gasteiger partial charge in [0.05, 0.1) is 0 Å². The lowest BCUT2D eigenvalue weighted by molar-refractivity contribution is -0.123. The van der Waals surface area contributed by atoms with Gasteiger partial charge in [-0.15, -0.1) is 0 Å². The van der Waals surface area contributed by atoms with Gasteiger partial charge in [-0.3, -0.25) is 4.79 Å². The largest absolute Gasteiger partial charge is 0.412 e. The number of nitrogens with one attached hydrogen (secondary N) is 1. The molecule has 0 radical (unpaired) electrons. The van der Waals surface area contributed by atoms with Crippen molar-refractivity contribution in [1.29, 1.82) is 0 Å². The molecule has 3 N–H and O–H groups in total. The third kappa shape index (κ3) is 7.00. The smallest absolute Gasteiger partial charge is 0.220 e. The molecule has 28 heavy (non-hydrogen) atoms. The van der Waals surface area contributed by atoms with E-state index in [0.29, 0.717) is 30.6 Å². The molecule has 1 aliphatic heterocycles. The fourth-order valence-electron chi connectivity index (χ4n) is 4.57. The number of hydrogen-bond donors (Lipinski definition) is 1. The van der Waals surface area contributed by atoms with Crippen molar-refractivity contribution in [3.05, 3.63) is 23.6 Å². The van der Waals surface area contributed by atoms with Crippen molar-refractivity contribution in [2.45, 2.75) is 73.3 Å². The molecular formula is C23H41FN2O2. The lowest BCUT2D eigenvalue weighted by atomic mass is 9.68. The molecule has 2 aliphatic rings. The summed E-state index contributed by atoms with van der Waals surface area (Å²) < 4.78 is 13.4. The van der Waals surface area contributed by atoms with Gasteiger partial charge in [-0.1, -0.05) is 53.2 Å². The second-order valence-corrected chi connectivity index (χ2v) is 9.94. The molecule has 0 aromatic rings. The number of amides is 1. The van der Waals surface area contributed by atoms with E-state index in [1.807, 2.05) is 6.08 Å². The Morgan fingerprint density at radius 1 is 1.25 bits per heavy atom. The van der Waals surface area contributed by atoms with Crippen LogP contribution in [0, 0.1) is 23.2 Å². The summed E-state index contributed by atoms with van der Waals surface area (Å²) in [7, 11) is 0. The molecule has 1 amide bonds. The van der Waals surface area contributed by atoms with Crippen molar-refractivity contribution in [1.82, 2.24) is 10.2 Å². The van der Waals surface area contributed by atoms with E-state index < -0.39 is 0 Å². The lowest BCUT2D eigenvalue weighted by Gasteiger charge is -2.47. The molecule has 1 aliphatic carbocycles. The van der Waals surface area contributed by atoms with E-state index >= 15 is 0 Å². The van der Waals surface area contributed by atoms with Gasteiger partial charge in [0.2, 0.25) is 5.91 Å². The first-order valence-corrected chi connectivity index (χ1v) is 10.7. The first-order chi connectivity index (χ1) is 12.6. The number of carbonyl (C=O) groups is 1. The van der Waals surface area contributed by atoms with Crippen LogP contribution in [-0.4, -0.2) is 42.0 Å². The lowest BCUT2D eigenvalue weighted by Crippen LogP contribution is -2.53. The van der Waals surface area contributed by atoms with Gasteiger partial charge in [-0.25, -0.2) is 4.39 Å². The van der Waals surface area contributed by atoms with E-state index in [1.165, 1.54) is 5.57 Å². The molecule has 0 aromatic carbocycles. The van der Waals surface area contributed by atoms with Crippen molar-refractivity contribution >= 4 is 5.91 Å². The minimum atomic E-state index is 0. The molecule has 5 heteroatoms. The Morgan fingerprint density at radius 3 is 2.43 bits per heavy atom. The van der Waals surface area contributed by atoms with Crippen molar-refractivity contribution in [3.63, 3.8) is 0 Å². The van der Waals surface area contributed by atoms with Crippen LogP contribution in [-0.2, 0) is 4.79 Å². The van der Waals surface area contributed by atoms with Crippen LogP contribution < -0.4 is 5.32 Å². The summed E-state index contributed by atoms with van der Waals surface area (Å²) in [5, 5.41) is 3.26. The predicted octanol–water partition coefficient (Wildman–Crippen LogP) is 4.27. The van der Waals surface area contributed by atoms with Crippen molar-refractivity contribution in [3.8, 4) is 0 Å². The zero-order valence-electron chi connectivity index (χ0n) is 18.6. The van der Waals surface area contributed by atoms with Crippen molar-refractivity contribution in [2.75, 3.05) is 19.6 Å². The summed E-state index contributed by atoms with van der Waals surface area (Å²) in [6, 6.07) is 0.189. The Hall–Kier alpha value is -1.20. The Kier molecular flexibility index (Phi) is 9.35. The molecule has 2 rings (SSSR count). The zero-order chi connectivity index (χ0) is 20.2. The average molecular weight is 397 g/mol. The van der Waals surface area contributed by atoms with Crippen LogP contribution >= 0.6 is 0 Å². The molecule has 0 aromatic heterocycles. The summed E-state index contributed by atoms with van der Waals surface area (Å²) in [4.78, 5) is 14.8. The third-order valence-electron chi connectivity index (χ3n) is 6.09. The molecular weight excluding hydrogens is 355 g/mol. The molecule has 1 fully saturated rings. The molecule has 0 spiro atoms. The molecule has 1 unspecified atom stereocenters. The second kappa shape index (κ2) is 10.5. The highest BCUT2D eigenvalue weighted by molar-refractivity contribution is 5.76. The topological polar surface area (TPSA) is 63.8 Å². The summed E-state index contributed by atoms with van der Waals surface area (Å²) in [6.45, 7) is 16.2. The van der Waals surface area contributed by atoms with Crippen LogP contribution in [0.4, 0.5) is 4.39 Å². The fourth-order valence-corrected chi connectivity index (χ4v) is 4.57.